The van der Waals surface area contributed by atoms with Gasteiger partial charge in [0.15, 0.2) is 11.5 Å². The van der Waals surface area contributed by atoms with Gasteiger partial charge in [-0.05, 0) is 12.1 Å². The quantitative estimate of drug-likeness (QED) is 0.662. The molecule has 13 heavy (non-hydrogen) atoms. The normalized spacial score (nSPS) is 10.4. The van der Waals surface area contributed by atoms with Crippen molar-refractivity contribution in [1.82, 2.24) is 0 Å². The van der Waals surface area contributed by atoms with E-state index in [1.165, 1.54) is 0 Å². The molecule has 0 saturated heterocycles. The molecule has 0 aliphatic rings. The molecule has 0 unspecified atom stereocenters. The molecular formula is C10H13NO2. The van der Waals surface area contributed by atoms with Gasteiger partial charge >= 0.3 is 0 Å². The van der Waals surface area contributed by atoms with Crippen LogP contribution in [0.15, 0.2) is 23.2 Å². The molecule has 3 heteroatoms. The topological polar surface area (TPSA) is 30.8 Å². The van der Waals surface area contributed by atoms with E-state index in [9.17, 15) is 0 Å². The van der Waals surface area contributed by atoms with Crippen LogP contribution in [-0.4, -0.2) is 27.5 Å². The molecule has 3 nitrogen and oxygen atoms in total. The highest BCUT2D eigenvalue weighted by Crippen LogP contribution is 2.29. The first kappa shape index (κ1) is 9.58. The summed E-state index contributed by atoms with van der Waals surface area (Å²) in [5.74, 6) is 1.44. The van der Waals surface area contributed by atoms with Crippen LogP contribution in [0.1, 0.15) is 5.56 Å². The molecule has 0 aliphatic heterocycles. The standard InChI is InChI=1S/C10H13NO2/c1-11-7-8-5-4-6-9(12-2)10(8)13-3/h4-7H,1-3H3/b11-7-. The molecule has 1 aromatic carbocycles. The van der Waals surface area contributed by atoms with Gasteiger partial charge in [0.25, 0.3) is 0 Å². The van der Waals surface area contributed by atoms with Crippen LogP contribution in [-0.2, 0) is 0 Å². The Labute approximate surface area is 78.0 Å². The Morgan fingerprint density at radius 1 is 1.23 bits per heavy atom. The van der Waals surface area contributed by atoms with Gasteiger partial charge in [-0.2, -0.15) is 0 Å². The predicted octanol–water partition coefficient (Wildman–Crippen LogP) is 1.75. The van der Waals surface area contributed by atoms with Crippen LogP contribution in [0.3, 0.4) is 0 Å². The number of para-hydroxylation sites is 1. The Bertz CT molecular complexity index is 308. The van der Waals surface area contributed by atoms with Gasteiger partial charge in [0.2, 0.25) is 0 Å². The third kappa shape index (κ3) is 1.99. The molecule has 0 atom stereocenters. The van der Waals surface area contributed by atoms with E-state index < -0.39 is 0 Å². The van der Waals surface area contributed by atoms with Crippen molar-refractivity contribution >= 4 is 6.21 Å². The number of hydrogen-bond donors (Lipinski definition) is 0. The van der Waals surface area contributed by atoms with Gasteiger partial charge in [0.05, 0.1) is 14.2 Å². The van der Waals surface area contributed by atoms with Gasteiger partial charge in [-0.25, -0.2) is 0 Å². The SMILES string of the molecule is C/N=C\c1cccc(OC)c1OC. The van der Waals surface area contributed by atoms with Crippen molar-refractivity contribution in [3.63, 3.8) is 0 Å². The van der Waals surface area contributed by atoms with Crippen LogP contribution in [0, 0.1) is 0 Å². The van der Waals surface area contributed by atoms with E-state index in [2.05, 4.69) is 4.99 Å². The third-order valence-corrected chi connectivity index (χ3v) is 1.70. The lowest BCUT2D eigenvalue weighted by Gasteiger charge is -2.09. The Balaban J connectivity index is 3.18. The Morgan fingerprint density at radius 2 is 2.00 bits per heavy atom. The molecule has 0 radical (unpaired) electrons. The summed E-state index contributed by atoms with van der Waals surface area (Å²) in [4.78, 5) is 3.93. The molecule has 1 aromatic rings. The zero-order valence-electron chi connectivity index (χ0n) is 8.07. The highest BCUT2D eigenvalue weighted by atomic mass is 16.5. The molecule has 0 fully saturated rings. The molecule has 0 saturated carbocycles. The highest BCUT2D eigenvalue weighted by Gasteiger charge is 2.06. The van der Waals surface area contributed by atoms with Gasteiger partial charge in [-0.3, -0.25) is 4.99 Å². The maximum atomic E-state index is 5.20. The van der Waals surface area contributed by atoms with Crippen molar-refractivity contribution in [3.05, 3.63) is 23.8 Å². The van der Waals surface area contributed by atoms with E-state index in [1.807, 2.05) is 18.2 Å². The first-order valence-electron chi connectivity index (χ1n) is 3.96. The van der Waals surface area contributed by atoms with Crippen molar-refractivity contribution in [2.24, 2.45) is 4.99 Å². The lowest BCUT2D eigenvalue weighted by atomic mass is 10.2. The Morgan fingerprint density at radius 3 is 2.54 bits per heavy atom. The summed E-state index contributed by atoms with van der Waals surface area (Å²) in [6, 6.07) is 5.68. The van der Waals surface area contributed by atoms with Gasteiger partial charge in [0, 0.05) is 18.8 Å². The van der Waals surface area contributed by atoms with E-state index in [0.29, 0.717) is 0 Å². The summed E-state index contributed by atoms with van der Waals surface area (Å²) >= 11 is 0. The second-order valence-corrected chi connectivity index (χ2v) is 2.47. The summed E-state index contributed by atoms with van der Waals surface area (Å²) in [5, 5.41) is 0. The fourth-order valence-electron chi connectivity index (χ4n) is 1.15. The smallest absolute Gasteiger partial charge is 0.169 e. The fraction of sp³-hybridized carbons (Fsp3) is 0.300. The van der Waals surface area contributed by atoms with Gasteiger partial charge in [0.1, 0.15) is 0 Å². The molecule has 0 spiro atoms. The summed E-state index contributed by atoms with van der Waals surface area (Å²) in [7, 11) is 4.95. The molecule has 0 bridgehead atoms. The molecule has 70 valence electrons. The van der Waals surface area contributed by atoms with Crippen LogP contribution in [0.2, 0.25) is 0 Å². The number of rotatable bonds is 3. The molecule has 0 N–H and O–H groups in total. The zero-order valence-corrected chi connectivity index (χ0v) is 8.07. The van der Waals surface area contributed by atoms with Crippen molar-refractivity contribution in [2.45, 2.75) is 0 Å². The van der Waals surface area contributed by atoms with Crippen LogP contribution < -0.4 is 9.47 Å². The minimum atomic E-state index is 0.718. The summed E-state index contributed by atoms with van der Waals surface area (Å²) < 4.78 is 10.3. The van der Waals surface area contributed by atoms with Crippen LogP contribution in [0.25, 0.3) is 0 Å². The van der Waals surface area contributed by atoms with Crippen LogP contribution >= 0.6 is 0 Å². The number of methoxy groups -OCH3 is 2. The van der Waals surface area contributed by atoms with Crippen molar-refractivity contribution in [3.8, 4) is 11.5 Å². The zero-order chi connectivity index (χ0) is 9.68. The number of aliphatic imine (C=N–C) groups is 1. The molecule has 0 aliphatic carbocycles. The lowest BCUT2D eigenvalue weighted by molar-refractivity contribution is 0.354. The molecular weight excluding hydrogens is 166 g/mol. The average Bonchev–Trinajstić information content (AvgIpc) is 2.18. The average molecular weight is 179 g/mol. The second kappa shape index (κ2) is 4.50. The Hall–Kier alpha value is -1.51. The number of ether oxygens (including phenoxy) is 2. The van der Waals surface area contributed by atoms with E-state index in [1.54, 1.807) is 27.5 Å². The predicted molar refractivity (Wildman–Crippen MR) is 53.1 cm³/mol. The maximum Gasteiger partial charge on any atom is 0.169 e. The van der Waals surface area contributed by atoms with Gasteiger partial charge in [-0.15, -0.1) is 0 Å². The van der Waals surface area contributed by atoms with Crippen LogP contribution in [0.4, 0.5) is 0 Å². The van der Waals surface area contributed by atoms with E-state index in [4.69, 9.17) is 9.47 Å². The van der Waals surface area contributed by atoms with E-state index in [0.717, 1.165) is 17.1 Å². The first-order chi connectivity index (χ1) is 6.33. The first-order valence-corrected chi connectivity index (χ1v) is 3.96. The fourth-order valence-corrected chi connectivity index (χ4v) is 1.15. The van der Waals surface area contributed by atoms with Crippen LogP contribution in [0.5, 0.6) is 11.5 Å². The highest BCUT2D eigenvalue weighted by molar-refractivity contribution is 5.84. The maximum absolute atomic E-state index is 5.20. The Kier molecular flexibility index (Phi) is 3.31. The second-order valence-electron chi connectivity index (χ2n) is 2.47. The van der Waals surface area contributed by atoms with Crippen molar-refractivity contribution in [1.29, 1.82) is 0 Å². The molecule has 0 amide bonds. The molecule has 0 aromatic heterocycles. The van der Waals surface area contributed by atoms with E-state index in [-0.39, 0.29) is 0 Å². The third-order valence-electron chi connectivity index (χ3n) is 1.70. The number of hydrogen-bond acceptors (Lipinski definition) is 3. The van der Waals surface area contributed by atoms with E-state index >= 15 is 0 Å². The number of nitrogens with zero attached hydrogens (tertiary/aromatic N) is 1. The summed E-state index contributed by atoms with van der Waals surface area (Å²) in [6.07, 6.45) is 1.74. The minimum Gasteiger partial charge on any atom is -0.493 e. The lowest BCUT2D eigenvalue weighted by Crippen LogP contribution is -1.94. The molecule has 1 rings (SSSR count). The largest absolute Gasteiger partial charge is 0.493 e. The number of benzene rings is 1. The van der Waals surface area contributed by atoms with Gasteiger partial charge < -0.3 is 9.47 Å². The van der Waals surface area contributed by atoms with Crippen molar-refractivity contribution < 1.29 is 9.47 Å². The minimum absolute atomic E-state index is 0.718. The van der Waals surface area contributed by atoms with Crippen molar-refractivity contribution in [2.75, 3.05) is 21.3 Å². The molecule has 0 heterocycles. The van der Waals surface area contributed by atoms with Gasteiger partial charge in [-0.1, -0.05) is 6.07 Å². The summed E-state index contributed by atoms with van der Waals surface area (Å²) in [5.41, 5.74) is 0.921. The summed E-state index contributed by atoms with van der Waals surface area (Å²) in [6.45, 7) is 0. The monoisotopic (exact) mass is 179 g/mol.